The second kappa shape index (κ2) is 9.32. The molecule has 0 radical (unpaired) electrons. The van der Waals surface area contributed by atoms with E-state index in [9.17, 15) is 9.59 Å². The van der Waals surface area contributed by atoms with Gasteiger partial charge in [0.05, 0.1) is 11.3 Å². The molecule has 3 aromatic rings. The van der Waals surface area contributed by atoms with Crippen LogP contribution in [-0.2, 0) is 11.3 Å². The Morgan fingerprint density at radius 1 is 1.06 bits per heavy atom. The first kappa shape index (κ1) is 22.1. The van der Waals surface area contributed by atoms with E-state index in [4.69, 9.17) is 0 Å². The zero-order valence-electron chi connectivity index (χ0n) is 19.4. The van der Waals surface area contributed by atoms with Crippen LogP contribution in [0.5, 0.6) is 0 Å². The molecule has 4 aliphatic heterocycles. The number of rotatable bonds is 6. The fraction of sp³-hybridized carbons (Fsp3) is 0.286. The highest BCUT2D eigenvalue weighted by Crippen LogP contribution is 2.38. The van der Waals surface area contributed by atoms with Crippen LogP contribution < -0.4 is 16.0 Å². The van der Waals surface area contributed by atoms with Crippen LogP contribution in [0.15, 0.2) is 65.4 Å². The van der Waals surface area contributed by atoms with Gasteiger partial charge in [-0.3, -0.25) is 9.59 Å². The van der Waals surface area contributed by atoms with Crippen molar-refractivity contribution in [2.45, 2.75) is 25.4 Å². The van der Waals surface area contributed by atoms with Gasteiger partial charge in [-0.15, -0.1) is 0 Å². The second-order valence-corrected chi connectivity index (χ2v) is 10.3. The van der Waals surface area contributed by atoms with Crippen LogP contribution in [0.4, 0.5) is 5.69 Å². The molecule has 7 heteroatoms. The van der Waals surface area contributed by atoms with E-state index in [0.29, 0.717) is 35.3 Å². The summed E-state index contributed by atoms with van der Waals surface area (Å²) in [6.45, 7) is 3.82. The van der Waals surface area contributed by atoms with Crippen LogP contribution in [0, 0.1) is 5.92 Å². The van der Waals surface area contributed by atoms with Gasteiger partial charge in [-0.25, -0.2) is 0 Å². The Morgan fingerprint density at radius 3 is 2.60 bits per heavy atom. The number of amides is 2. The molecule has 35 heavy (non-hydrogen) atoms. The summed E-state index contributed by atoms with van der Waals surface area (Å²) in [5, 5.41) is 13.9. The molecule has 2 amide bonds. The van der Waals surface area contributed by atoms with Crippen LogP contribution in [0.2, 0.25) is 0 Å². The van der Waals surface area contributed by atoms with Crippen molar-refractivity contribution in [1.29, 1.82) is 0 Å². The molecule has 3 N–H and O–H groups in total. The maximum Gasteiger partial charge on any atom is 0.258 e. The number of benzene rings is 2. The molecule has 1 atom stereocenters. The van der Waals surface area contributed by atoms with Crippen molar-refractivity contribution in [2.24, 2.45) is 5.92 Å². The molecule has 6 nitrogen and oxygen atoms in total. The van der Waals surface area contributed by atoms with Gasteiger partial charge in [0.15, 0.2) is 0 Å². The quantitative estimate of drug-likeness (QED) is 0.459. The molecule has 178 valence electrons. The second-order valence-electron chi connectivity index (χ2n) is 9.53. The lowest BCUT2D eigenvalue weighted by Gasteiger charge is -2.45. The van der Waals surface area contributed by atoms with Gasteiger partial charge in [0.25, 0.3) is 11.8 Å². The zero-order valence-corrected chi connectivity index (χ0v) is 20.2. The summed E-state index contributed by atoms with van der Waals surface area (Å²) in [5.74, 6) is 0.345. The molecule has 2 aromatic carbocycles. The van der Waals surface area contributed by atoms with Crippen molar-refractivity contribution in [3.05, 3.63) is 87.6 Å². The first-order chi connectivity index (χ1) is 17.2. The Morgan fingerprint density at radius 2 is 1.89 bits per heavy atom. The number of nitrogens with one attached hydrogen (secondary N) is 3. The summed E-state index contributed by atoms with van der Waals surface area (Å²) in [7, 11) is 0. The summed E-state index contributed by atoms with van der Waals surface area (Å²) < 4.78 is 0. The minimum atomic E-state index is -0.160. The Labute approximate surface area is 209 Å². The average molecular weight is 485 g/mol. The summed E-state index contributed by atoms with van der Waals surface area (Å²) in [4.78, 5) is 28.5. The minimum absolute atomic E-state index is 0.128. The van der Waals surface area contributed by atoms with Gasteiger partial charge in [-0.1, -0.05) is 36.4 Å². The maximum absolute atomic E-state index is 13.2. The van der Waals surface area contributed by atoms with Crippen LogP contribution in [0.1, 0.15) is 39.9 Å². The molecule has 1 aromatic heterocycles. The lowest BCUT2D eigenvalue weighted by atomic mass is 9.83. The molecule has 0 unspecified atom stereocenters. The van der Waals surface area contributed by atoms with Crippen LogP contribution in [0.25, 0.3) is 11.3 Å². The number of hydrogen-bond acceptors (Lipinski definition) is 5. The highest BCUT2D eigenvalue weighted by atomic mass is 32.1. The predicted octanol–water partition coefficient (Wildman–Crippen LogP) is 4.18. The lowest BCUT2D eigenvalue weighted by Crippen LogP contribution is -2.55. The van der Waals surface area contributed by atoms with Gasteiger partial charge < -0.3 is 20.9 Å². The fourth-order valence-electron chi connectivity index (χ4n) is 5.46. The number of hydrogen-bond donors (Lipinski definition) is 3. The smallest absolute Gasteiger partial charge is 0.258 e. The topological polar surface area (TPSA) is 73.5 Å². The van der Waals surface area contributed by atoms with Crippen molar-refractivity contribution in [3.63, 3.8) is 0 Å². The molecular formula is C28H28N4O2S. The monoisotopic (exact) mass is 484 g/mol. The number of carbonyl (C=O) groups is 2. The van der Waals surface area contributed by atoms with E-state index in [0.717, 1.165) is 28.9 Å². The standard InChI is InChI=1S/C28H28N4O2S/c33-27(29-15-18-4-2-1-3-5-18)20-6-7-22-23(14-20)31-28(34)25(22)26(21-10-13-35-17-21)30-24-16-32-11-8-19(24)9-12-32/h1-7,10,13-14,17,19,24,30H,8-9,11-12,15-16H2,(H,29,33)(H,31,34)/t24-/m0/s1. The molecule has 5 heterocycles. The van der Waals surface area contributed by atoms with Crippen molar-refractivity contribution < 1.29 is 9.59 Å². The van der Waals surface area contributed by atoms with Crippen molar-refractivity contribution in [1.82, 2.24) is 15.5 Å². The molecular weight excluding hydrogens is 456 g/mol. The number of anilines is 1. The summed E-state index contributed by atoms with van der Waals surface area (Å²) >= 11 is 1.63. The Bertz CT molecular complexity index is 1280. The van der Waals surface area contributed by atoms with Gasteiger partial charge >= 0.3 is 0 Å². The Kier molecular flexibility index (Phi) is 5.88. The lowest BCUT2D eigenvalue weighted by molar-refractivity contribution is -0.110. The number of thiophene rings is 1. The van der Waals surface area contributed by atoms with Crippen molar-refractivity contribution in [2.75, 3.05) is 25.0 Å². The normalized spacial score (nSPS) is 24.0. The van der Waals surface area contributed by atoms with E-state index in [1.165, 1.54) is 25.9 Å². The third-order valence-corrected chi connectivity index (χ3v) is 8.05. The number of piperidine rings is 3. The van der Waals surface area contributed by atoms with E-state index in [2.05, 4.69) is 32.3 Å². The third-order valence-electron chi connectivity index (χ3n) is 7.37. The van der Waals surface area contributed by atoms with Crippen LogP contribution >= 0.6 is 11.3 Å². The maximum atomic E-state index is 13.2. The number of nitrogens with zero attached hydrogens (tertiary/aromatic N) is 1. The molecule has 7 rings (SSSR count). The highest BCUT2D eigenvalue weighted by Gasteiger charge is 2.36. The molecule has 2 bridgehead atoms. The molecule has 3 saturated heterocycles. The van der Waals surface area contributed by atoms with Gasteiger partial charge in [-0.2, -0.15) is 11.3 Å². The first-order valence-corrected chi connectivity index (χ1v) is 13.1. The van der Waals surface area contributed by atoms with E-state index in [-0.39, 0.29) is 11.8 Å². The first-order valence-electron chi connectivity index (χ1n) is 12.2. The van der Waals surface area contributed by atoms with E-state index >= 15 is 0 Å². The van der Waals surface area contributed by atoms with E-state index in [1.54, 1.807) is 23.5 Å². The molecule has 0 spiro atoms. The average Bonchev–Trinajstić information content (AvgIpc) is 3.54. The highest BCUT2D eigenvalue weighted by molar-refractivity contribution is 7.08. The Balaban J connectivity index is 1.29. The van der Waals surface area contributed by atoms with Crippen molar-refractivity contribution >= 4 is 40.1 Å². The molecule has 0 aliphatic carbocycles. The number of fused-ring (bicyclic) bond motifs is 4. The van der Waals surface area contributed by atoms with Gasteiger partial charge in [0, 0.05) is 46.9 Å². The van der Waals surface area contributed by atoms with E-state index in [1.807, 2.05) is 41.8 Å². The van der Waals surface area contributed by atoms with Gasteiger partial charge in [0.1, 0.15) is 0 Å². The molecule has 3 fully saturated rings. The minimum Gasteiger partial charge on any atom is -0.380 e. The molecule has 4 aliphatic rings. The Hall–Kier alpha value is -3.42. The number of carbonyl (C=O) groups excluding carboxylic acids is 2. The fourth-order valence-corrected chi connectivity index (χ4v) is 6.11. The van der Waals surface area contributed by atoms with Crippen LogP contribution in [0.3, 0.4) is 0 Å². The van der Waals surface area contributed by atoms with Crippen molar-refractivity contribution in [3.8, 4) is 0 Å². The predicted molar refractivity (Wildman–Crippen MR) is 140 cm³/mol. The van der Waals surface area contributed by atoms with E-state index < -0.39 is 0 Å². The summed E-state index contributed by atoms with van der Waals surface area (Å²) in [6, 6.07) is 17.7. The molecule has 0 saturated carbocycles. The summed E-state index contributed by atoms with van der Waals surface area (Å²) in [5.41, 5.74) is 5.68. The largest absolute Gasteiger partial charge is 0.380 e. The third kappa shape index (κ3) is 4.37. The van der Waals surface area contributed by atoms with Gasteiger partial charge in [-0.05, 0) is 61.0 Å². The summed E-state index contributed by atoms with van der Waals surface area (Å²) in [6.07, 6.45) is 2.41. The van der Waals surface area contributed by atoms with Crippen LogP contribution in [-0.4, -0.2) is 42.4 Å². The van der Waals surface area contributed by atoms with Gasteiger partial charge in [0.2, 0.25) is 0 Å². The zero-order chi connectivity index (χ0) is 23.8. The SMILES string of the molecule is O=C1Nc2cc(C(=O)NCc3ccccc3)ccc2C1=C(N[C@H]1CN2CCC1CC2)c1ccsc1.